The number of rotatable bonds is 1. The molecule has 0 radical (unpaired) electrons. The molecule has 0 aromatic carbocycles. The van der Waals surface area contributed by atoms with E-state index in [9.17, 15) is 0 Å². The zero-order valence-corrected chi connectivity index (χ0v) is 8.05. The maximum atomic E-state index is 2.22. The van der Waals surface area contributed by atoms with Crippen LogP contribution < -0.4 is 4.57 Å². The monoisotopic (exact) mass is 153 g/mol. The molecule has 0 aliphatic heterocycles. The van der Waals surface area contributed by atoms with Crippen LogP contribution in [0.2, 0.25) is 0 Å². The van der Waals surface area contributed by atoms with E-state index >= 15 is 0 Å². The SMILES string of the molecule is Cc1c(C(C)C)[n+](C)cn1C. The zero-order chi connectivity index (χ0) is 8.59. The predicted molar refractivity (Wildman–Crippen MR) is 45.4 cm³/mol. The lowest BCUT2D eigenvalue weighted by Crippen LogP contribution is -2.31. The summed E-state index contributed by atoms with van der Waals surface area (Å²) < 4.78 is 4.36. The molecule has 62 valence electrons. The van der Waals surface area contributed by atoms with E-state index in [0.717, 1.165) is 0 Å². The van der Waals surface area contributed by atoms with Gasteiger partial charge in [0.15, 0.2) is 0 Å². The van der Waals surface area contributed by atoms with E-state index in [1.165, 1.54) is 11.4 Å². The van der Waals surface area contributed by atoms with Crippen LogP contribution >= 0.6 is 0 Å². The Bertz CT molecular complexity index is 259. The Morgan fingerprint density at radius 3 is 2.18 bits per heavy atom. The fourth-order valence-electron chi connectivity index (χ4n) is 1.67. The molecule has 0 aliphatic carbocycles. The van der Waals surface area contributed by atoms with Crippen molar-refractivity contribution < 1.29 is 4.57 Å². The van der Waals surface area contributed by atoms with Crippen LogP contribution in [0, 0.1) is 6.92 Å². The Balaban J connectivity index is 3.22. The molecule has 0 unspecified atom stereocenters. The highest BCUT2D eigenvalue weighted by atomic mass is 15.1. The minimum Gasteiger partial charge on any atom is -0.237 e. The number of hydrogen-bond donors (Lipinski definition) is 0. The van der Waals surface area contributed by atoms with Crippen molar-refractivity contribution in [2.45, 2.75) is 26.7 Å². The molecule has 2 nitrogen and oxygen atoms in total. The molecule has 0 atom stereocenters. The topological polar surface area (TPSA) is 8.81 Å². The van der Waals surface area contributed by atoms with E-state index in [1.807, 2.05) is 0 Å². The van der Waals surface area contributed by atoms with E-state index < -0.39 is 0 Å². The normalized spacial score (nSPS) is 11.1. The largest absolute Gasteiger partial charge is 0.243 e. The van der Waals surface area contributed by atoms with Crippen LogP contribution in [0.4, 0.5) is 0 Å². The summed E-state index contributed by atoms with van der Waals surface area (Å²) in [5, 5.41) is 0. The first-order valence-corrected chi connectivity index (χ1v) is 4.05. The van der Waals surface area contributed by atoms with Gasteiger partial charge in [0.05, 0.1) is 14.1 Å². The molecule has 0 amide bonds. The van der Waals surface area contributed by atoms with Gasteiger partial charge in [0.1, 0.15) is 11.4 Å². The smallest absolute Gasteiger partial charge is 0.237 e. The van der Waals surface area contributed by atoms with Crippen LogP contribution in [0.1, 0.15) is 31.2 Å². The molecule has 1 aromatic heterocycles. The lowest BCUT2D eigenvalue weighted by Gasteiger charge is -2.00. The van der Waals surface area contributed by atoms with Gasteiger partial charge in [0, 0.05) is 12.8 Å². The van der Waals surface area contributed by atoms with Gasteiger partial charge in [-0.3, -0.25) is 0 Å². The van der Waals surface area contributed by atoms with Gasteiger partial charge in [-0.1, -0.05) is 13.8 Å². The number of imidazole rings is 1. The third-order valence-electron chi connectivity index (χ3n) is 2.17. The van der Waals surface area contributed by atoms with E-state index in [-0.39, 0.29) is 0 Å². The molecule has 1 heterocycles. The first-order valence-electron chi connectivity index (χ1n) is 4.05. The average Bonchev–Trinajstić information content (AvgIpc) is 2.07. The molecule has 2 heteroatoms. The molecule has 1 rings (SSSR count). The zero-order valence-electron chi connectivity index (χ0n) is 8.05. The Morgan fingerprint density at radius 1 is 1.45 bits per heavy atom. The van der Waals surface area contributed by atoms with E-state index in [1.54, 1.807) is 0 Å². The van der Waals surface area contributed by atoms with E-state index in [2.05, 4.69) is 50.3 Å². The van der Waals surface area contributed by atoms with Crippen molar-refractivity contribution in [1.29, 1.82) is 0 Å². The highest BCUT2D eigenvalue weighted by Gasteiger charge is 2.17. The standard InChI is InChI=1S/C9H17N2/c1-7(2)9-8(3)10(4)6-11(9)5/h6-7H,1-5H3/q+1. The van der Waals surface area contributed by atoms with Crippen molar-refractivity contribution in [3.8, 4) is 0 Å². The Kier molecular flexibility index (Phi) is 2.03. The number of aromatic nitrogens is 2. The summed E-state index contributed by atoms with van der Waals surface area (Å²) in [6.45, 7) is 6.61. The van der Waals surface area contributed by atoms with Crippen LogP contribution in [0.3, 0.4) is 0 Å². The summed E-state index contributed by atoms with van der Waals surface area (Å²) in [6, 6.07) is 0. The van der Waals surface area contributed by atoms with Crippen molar-refractivity contribution in [3.63, 3.8) is 0 Å². The maximum absolute atomic E-state index is 2.22. The van der Waals surface area contributed by atoms with Crippen molar-refractivity contribution in [3.05, 3.63) is 17.7 Å². The average molecular weight is 153 g/mol. The van der Waals surface area contributed by atoms with Gasteiger partial charge < -0.3 is 0 Å². The van der Waals surface area contributed by atoms with E-state index in [4.69, 9.17) is 0 Å². The Morgan fingerprint density at radius 2 is 2.00 bits per heavy atom. The summed E-state index contributed by atoms with van der Waals surface area (Å²) in [7, 11) is 4.18. The van der Waals surface area contributed by atoms with Gasteiger partial charge in [-0.2, -0.15) is 0 Å². The summed E-state index contributed by atoms with van der Waals surface area (Å²) in [5.74, 6) is 0.612. The summed E-state index contributed by atoms with van der Waals surface area (Å²) >= 11 is 0. The quantitative estimate of drug-likeness (QED) is 0.537. The maximum Gasteiger partial charge on any atom is 0.243 e. The van der Waals surface area contributed by atoms with Gasteiger partial charge in [0.25, 0.3) is 0 Å². The molecule has 0 saturated heterocycles. The highest BCUT2D eigenvalue weighted by Crippen LogP contribution is 2.13. The molecule has 0 fully saturated rings. The predicted octanol–water partition coefficient (Wildman–Crippen LogP) is 1.28. The van der Waals surface area contributed by atoms with E-state index in [0.29, 0.717) is 5.92 Å². The van der Waals surface area contributed by atoms with Crippen molar-refractivity contribution in [1.82, 2.24) is 4.57 Å². The third kappa shape index (κ3) is 1.30. The fourth-order valence-corrected chi connectivity index (χ4v) is 1.67. The number of nitrogens with zero attached hydrogens (tertiary/aromatic N) is 2. The van der Waals surface area contributed by atoms with Gasteiger partial charge in [-0.25, -0.2) is 9.13 Å². The third-order valence-corrected chi connectivity index (χ3v) is 2.17. The molecule has 0 bridgehead atoms. The Hall–Kier alpha value is -0.790. The van der Waals surface area contributed by atoms with Gasteiger partial charge >= 0.3 is 0 Å². The molecule has 0 aliphatic rings. The van der Waals surface area contributed by atoms with Crippen molar-refractivity contribution in [2.75, 3.05) is 0 Å². The summed E-state index contributed by atoms with van der Waals surface area (Å²) in [6.07, 6.45) is 2.12. The molecule has 0 saturated carbocycles. The summed E-state index contributed by atoms with van der Waals surface area (Å²) in [4.78, 5) is 0. The van der Waals surface area contributed by atoms with Crippen LogP contribution in [0.15, 0.2) is 6.33 Å². The van der Waals surface area contributed by atoms with Crippen LogP contribution in [0.5, 0.6) is 0 Å². The fraction of sp³-hybridized carbons (Fsp3) is 0.667. The first-order chi connectivity index (χ1) is 5.04. The lowest BCUT2D eigenvalue weighted by molar-refractivity contribution is -0.679. The second-order valence-corrected chi connectivity index (χ2v) is 3.46. The highest BCUT2D eigenvalue weighted by molar-refractivity contribution is 5.08. The van der Waals surface area contributed by atoms with Gasteiger partial charge in [0.2, 0.25) is 6.33 Å². The van der Waals surface area contributed by atoms with Gasteiger partial charge in [-0.15, -0.1) is 0 Å². The number of aryl methyl sites for hydroxylation is 2. The van der Waals surface area contributed by atoms with Crippen molar-refractivity contribution >= 4 is 0 Å². The molecule has 11 heavy (non-hydrogen) atoms. The molecule has 1 aromatic rings. The molecular formula is C9H17N2+. The molecular weight excluding hydrogens is 136 g/mol. The number of hydrogen-bond acceptors (Lipinski definition) is 0. The van der Waals surface area contributed by atoms with Crippen LogP contribution in [0.25, 0.3) is 0 Å². The summed E-state index contributed by atoms with van der Waals surface area (Å²) in [5.41, 5.74) is 2.79. The molecule has 0 N–H and O–H groups in total. The van der Waals surface area contributed by atoms with Crippen LogP contribution in [-0.4, -0.2) is 4.57 Å². The lowest BCUT2D eigenvalue weighted by atomic mass is 10.1. The minimum absolute atomic E-state index is 0.612. The second-order valence-electron chi connectivity index (χ2n) is 3.46. The second kappa shape index (κ2) is 2.68. The minimum atomic E-state index is 0.612. The Labute approximate surface area is 68.5 Å². The molecule has 0 spiro atoms. The van der Waals surface area contributed by atoms with Crippen LogP contribution in [-0.2, 0) is 14.1 Å². The van der Waals surface area contributed by atoms with Crippen molar-refractivity contribution in [2.24, 2.45) is 14.1 Å². The van der Waals surface area contributed by atoms with Gasteiger partial charge in [-0.05, 0) is 0 Å². The first kappa shape index (κ1) is 8.31.